The molecule has 1 fully saturated rings. The van der Waals surface area contributed by atoms with E-state index in [0.29, 0.717) is 28.1 Å². The summed E-state index contributed by atoms with van der Waals surface area (Å²) in [6.07, 6.45) is 1.06. The second kappa shape index (κ2) is 8.88. The van der Waals surface area contributed by atoms with Crippen LogP contribution < -0.4 is 21.7 Å². The number of likely N-dealkylation sites (tertiary alicyclic amines) is 1. The normalized spacial score (nSPS) is 13.4. The van der Waals surface area contributed by atoms with Gasteiger partial charge in [0, 0.05) is 24.7 Å². The summed E-state index contributed by atoms with van der Waals surface area (Å²) in [6.45, 7) is 8.08. The SMILES string of the molecule is [CH2]C(C)(NC(=S)Nc1cccc(CNC(=O)N2CCC2)c1N)c1cccc(Cl)c1. The number of anilines is 2. The molecule has 1 radical (unpaired) electrons. The molecule has 1 saturated heterocycles. The number of nitrogens with two attached hydrogens (primary N) is 1. The summed E-state index contributed by atoms with van der Waals surface area (Å²) in [5, 5.41) is 10.2. The van der Waals surface area contributed by atoms with Gasteiger partial charge in [-0.25, -0.2) is 4.79 Å². The summed E-state index contributed by atoms with van der Waals surface area (Å²) in [6, 6.07) is 13.0. The van der Waals surface area contributed by atoms with Gasteiger partial charge in [0.05, 0.1) is 16.9 Å². The summed E-state index contributed by atoms with van der Waals surface area (Å²) in [4.78, 5) is 13.8. The van der Waals surface area contributed by atoms with Crippen molar-refractivity contribution in [1.29, 1.82) is 0 Å². The number of nitrogens with one attached hydrogen (secondary N) is 3. The van der Waals surface area contributed by atoms with Crippen molar-refractivity contribution in [3.8, 4) is 0 Å². The summed E-state index contributed by atoms with van der Waals surface area (Å²) < 4.78 is 0. The molecule has 29 heavy (non-hydrogen) atoms. The molecular formula is C21H25ClN5OS. The summed E-state index contributed by atoms with van der Waals surface area (Å²) >= 11 is 11.5. The molecule has 3 rings (SSSR count). The fourth-order valence-corrected chi connectivity index (χ4v) is 3.51. The molecular weight excluding hydrogens is 406 g/mol. The van der Waals surface area contributed by atoms with E-state index in [-0.39, 0.29) is 6.03 Å². The minimum absolute atomic E-state index is 0.0689. The Hall–Kier alpha value is -2.51. The van der Waals surface area contributed by atoms with Gasteiger partial charge in [0.2, 0.25) is 0 Å². The number of hydrogen-bond acceptors (Lipinski definition) is 3. The number of urea groups is 1. The second-order valence-electron chi connectivity index (χ2n) is 7.30. The molecule has 5 N–H and O–H groups in total. The van der Waals surface area contributed by atoms with Crippen molar-refractivity contribution in [2.75, 3.05) is 24.1 Å². The highest BCUT2D eigenvalue weighted by molar-refractivity contribution is 7.80. The van der Waals surface area contributed by atoms with Crippen LogP contribution in [0, 0.1) is 6.92 Å². The van der Waals surface area contributed by atoms with E-state index in [9.17, 15) is 4.79 Å². The van der Waals surface area contributed by atoms with Crippen LogP contribution in [0.25, 0.3) is 0 Å². The Morgan fingerprint density at radius 1 is 1.31 bits per heavy atom. The van der Waals surface area contributed by atoms with Crippen molar-refractivity contribution in [2.24, 2.45) is 0 Å². The molecule has 0 bridgehead atoms. The Kier molecular flexibility index (Phi) is 6.49. The Bertz CT molecular complexity index is 914. The lowest BCUT2D eigenvalue weighted by atomic mass is 9.94. The van der Waals surface area contributed by atoms with Crippen molar-refractivity contribution in [1.82, 2.24) is 15.5 Å². The monoisotopic (exact) mass is 430 g/mol. The number of amides is 2. The molecule has 1 heterocycles. The molecule has 1 aliphatic heterocycles. The third-order valence-corrected chi connectivity index (χ3v) is 5.31. The van der Waals surface area contributed by atoms with Crippen molar-refractivity contribution in [2.45, 2.75) is 25.4 Å². The quantitative estimate of drug-likeness (QED) is 0.427. The number of halogens is 1. The zero-order valence-electron chi connectivity index (χ0n) is 16.3. The Morgan fingerprint density at radius 2 is 2.03 bits per heavy atom. The third-order valence-electron chi connectivity index (χ3n) is 4.87. The number of thiocarbonyl (C=S) groups is 1. The number of benzene rings is 2. The van der Waals surface area contributed by atoms with Crippen LogP contribution in [0.2, 0.25) is 5.02 Å². The number of carbonyl (C=O) groups is 1. The largest absolute Gasteiger partial charge is 0.397 e. The maximum atomic E-state index is 12.0. The number of para-hydroxylation sites is 1. The van der Waals surface area contributed by atoms with Gasteiger partial charge in [-0.05, 0) is 61.8 Å². The lowest BCUT2D eigenvalue weighted by Gasteiger charge is -2.31. The lowest BCUT2D eigenvalue weighted by molar-refractivity contribution is 0.167. The van der Waals surface area contributed by atoms with Gasteiger partial charge in [-0.2, -0.15) is 0 Å². The van der Waals surface area contributed by atoms with E-state index in [1.54, 1.807) is 4.90 Å². The first-order valence-corrected chi connectivity index (χ1v) is 10.2. The van der Waals surface area contributed by atoms with E-state index in [2.05, 4.69) is 22.9 Å². The number of rotatable bonds is 5. The Labute approximate surface area is 181 Å². The second-order valence-corrected chi connectivity index (χ2v) is 8.14. The highest BCUT2D eigenvalue weighted by Gasteiger charge is 2.22. The topological polar surface area (TPSA) is 82.4 Å². The molecule has 153 valence electrons. The fraction of sp³-hybridized carbons (Fsp3) is 0.286. The molecule has 1 atom stereocenters. The fourth-order valence-electron chi connectivity index (χ4n) is 2.99. The molecule has 0 aliphatic carbocycles. The minimum Gasteiger partial charge on any atom is -0.397 e. The smallest absolute Gasteiger partial charge is 0.317 e. The molecule has 1 unspecified atom stereocenters. The van der Waals surface area contributed by atoms with Gasteiger partial charge >= 0.3 is 6.03 Å². The number of nitrogen functional groups attached to an aromatic ring is 1. The maximum Gasteiger partial charge on any atom is 0.317 e. The van der Waals surface area contributed by atoms with Crippen LogP contribution in [-0.4, -0.2) is 29.1 Å². The molecule has 0 spiro atoms. The number of hydrogen-bond donors (Lipinski definition) is 4. The van der Waals surface area contributed by atoms with Crippen molar-refractivity contribution in [3.05, 3.63) is 65.5 Å². The van der Waals surface area contributed by atoms with E-state index < -0.39 is 5.54 Å². The predicted molar refractivity (Wildman–Crippen MR) is 123 cm³/mol. The lowest BCUT2D eigenvalue weighted by Crippen LogP contribution is -2.47. The molecule has 2 aromatic carbocycles. The molecule has 1 aliphatic rings. The van der Waals surface area contributed by atoms with Gasteiger partial charge in [0.15, 0.2) is 5.11 Å². The van der Waals surface area contributed by atoms with Crippen molar-refractivity contribution < 1.29 is 4.79 Å². The zero-order chi connectivity index (χ0) is 21.0. The standard InChI is InChI=1S/C21H25ClN5OS/c1-21(2,15-7-4-8-16(22)12-15)26-19(29)25-17-9-3-6-14(18(17)23)13-24-20(28)27-10-5-11-27/h3-4,6-9,12H,1,5,10-11,13,23H2,2H3,(H,24,28)(H2,25,26,29). The Balaban J connectivity index is 1.63. The van der Waals surface area contributed by atoms with Crippen molar-refractivity contribution >= 4 is 46.3 Å². The summed E-state index contributed by atoms with van der Waals surface area (Å²) in [5.41, 5.74) is 8.54. The average molecular weight is 431 g/mol. The molecule has 0 saturated carbocycles. The third kappa shape index (κ3) is 5.31. The van der Waals surface area contributed by atoms with Gasteiger partial charge < -0.3 is 26.6 Å². The first-order chi connectivity index (χ1) is 13.8. The van der Waals surface area contributed by atoms with Gasteiger partial charge in [0.1, 0.15) is 0 Å². The van der Waals surface area contributed by atoms with E-state index in [4.69, 9.17) is 29.6 Å². The van der Waals surface area contributed by atoms with Gasteiger partial charge in [-0.3, -0.25) is 0 Å². The number of nitrogens with zero attached hydrogens (tertiary/aromatic N) is 1. The highest BCUT2D eigenvalue weighted by atomic mass is 35.5. The van der Waals surface area contributed by atoms with Crippen molar-refractivity contribution in [3.63, 3.8) is 0 Å². The minimum atomic E-state index is -0.674. The highest BCUT2D eigenvalue weighted by Crippen LogP contribution is 2.25. The average Bonchev–Trinajstić information content (AvgIpc) is 2.60. The summed E-state index contributed by atoms with van der Waals surface area (Å²) in [5.74, 6) is 0. The van der Waals surface area contributed by atoms with E-state index >= 15 is 0 Å². The van der Waals surface area contributed by atoms with E-state index in [0.717, 1.165) is 30.6 Å². The van der Waals surface area contributed by atoms with Crippen LogP contribution in [0.3, 0.4) is 0 Å². The van der Waals surface area contributed by atoms with Gasteiger partial charge in [-0.1, -0.05) is 35.9 Å². The van der Waals surface area contributed by atoms with Gasteiger partial charge in [0.25, 0.3) is 0 Å². The van der Waals surface area contributed by atoms with Crippen LogP contribution in [0.1, 0.15) is 24.5 Å². The van der Waals surface area contributed by atoms with Crippen LogP contribution in [-0.2, 0) is 12.1 Å². The maximum absolute atomic E-state index is 12.0. The van der Waals surface area contributed by atoms with E-state index in [1.807, 2.05) is 49.4 Å². The Morgan fingerprint density at radius 3 is 2.69 bits per heavy atom. The molecule has 0 aromatic heterocycles. The van der Waals surface area contributed by atoms with Crippen LogP contribution >= 0.6 is 23.8 Å². The van der Waals surface area contributed by atoms with Gasteiger partial charge in [-0.15, -0.1) is 0 Å². The molecule has 2 aromatic rings. The van der Waals surface area contributed by atoms with Crippen LogP contribution in [0.4, 0.5) is 16.2 Å². The summed E-state index contributed by atoms with van der Waals surface area (Å²) in [7, 11) is 0. The predicted octanol–water partition coefficient (Wildman–Crippen LogP) is 3.87. The first-order valence-electron chi connectivity index (χ1n) is 9.37. The van der Waals surface area contributed by atoms with Crippen LogP contribution in [0.5, 0.6) is 0 Å². The molecule has 2 amide bonds. The molecule has 8 heteroatoms. The first kappa shape index (κ1) is 21.2. The molecule has 6 nitrogen and oxygen atoms in total. The van der Waals surface area contributed by atoms with Crippen LogP contribution in [0.15, 0.2) is 42.5 Å². The number of carbonyl (C=O) groups excluding carboxylic acids is 1. The zero-order valence-corrected chi connectivity index (χ0v) is 17.9. The van der Waals surface area contributed by atoms with E-state index in [1.165, 1.54) is 0 Å².